The van der Waals surface area contributed by atoms with E-state index in [2.05, 4.69) is 59.4 Å². The van der Waals surface area contributed by atoms with Crippen LogP contribution in [0.4, 0.5) is 0 Å². The van der Waals surface area contributed by atoms with E-state index in [-0.39, 0.29) is 11.9 Å². The molecule has 1 N–H and O–H groups in total. The second-order valence-electron chi connectivity index (χ2n) is 5.12. The minimum absolute atomic E-state index is 0.0505. The number of hydrogen-bond donors (Lipinski definition) is 1. The van der Waals surface area contributed by atoms with Crippen LogP contribution in [0.3, 0.4) is 0 Å². The van der Waals surface area contributed by atoms with Gasteiger partial charge in [-0.1, -0.05) is 38.1 Å². The maximum absolute atomic E-state index is 12.1. The standard InChI is InChI=1S/C16H18BrNO2/c1-10(2)12-4-6-13(7-5-12)11(3)18-16(19)14-8-9-20-15(14)17/h4-11H,1-3H3,(H,18,19). The normalized spacial score (nSPS) is 12.4. The highest BCUT2D eigenvalue weighted by Gasteiger charge is 2.15. The summed E-state index contributed by atoms with van der Waals surface area (Å²) in [6, 6.07) is 9.93. The molecule has 0 aliphatic rings. The van der Waals surface area contributed by atoms with Crippen molar-refractivity contribution in [2.75, 3.05) is 0 Å². The summed E-state index contributed by atoms with van der Waals surface area (Å²) in [7, 11) is 0. The maximum Gasteiger partial charge on any atom is 0.256 e. The van der Waals surface area contributed by atoms with Gasteiger partial charge in [0.1, 0.15) is 0 Å². The third-order valence-electron chi connectivity index (χ3n) is 3.31. The number of carbonyl (C=O) groups excluding carboxylic acids is 1. The van der Waals surface area contributed by atoms with Crippen molar-refractivity contribution in [3.05, 3.63) is 58.0 Å². The van der Waals surface area contributed by atoms with Gasteiger partial charge in [0.15, 0.2) is 4.67 Å². The molecule has 106 valence electrons. The summed E-state index contributed by atoms with van der Waals surface area (Å²) in [5.41, 5.74) is 2.89. The lowest BCUT2D eigenvalue weighted by Gasteiger charge is -2.15. The van der Waals surface area contributed by atoms with Crippen LogP contribution in [0.5, 0.6) is 0 Å². The second-order valence-corrected chi connectivity index (χ2v) is 5.84. The lowest BCUT2D eigenvalue weighted by molar-refractivity contribution is 0.0938. The van der Waals surface area contributed by atoms with Gasteiger partial charge < -0.3 is 9.73 Å². The average Bonchev–Trinajstić information content (AvgIpc) is 2.85. The number of amides is 1. The van der Waals surface area contributed by atoms with E-state index in [0.29, 0.717) is 16.2 Å². The third kappa shape index (κ3) is 3.31. The van der Waals surface area contributed by atoms with E-state index in [9.17, 15) is 4.79 Å². The predicted molar refractivity (Wildman–Crippen MR) is 82.8 cm³/mol. The molecule has 1 heterocycles. The molecule has 1 unspecified atom stereocenters. The Morgan fingerprint density at radius 1 is 1.10 bits per heavy atom. The second kappa shape index (κ2) is 6.27. The lowest BCUT2D eigenvalue weighted by atomic mass is 9.99. The number of hydrogen-bond acceptors (Lipinski definition) is 2. The van der Waals surface area contributed by atoms with Crippen LogP contribution in [-0.2, 0) is 0 Å². The molecule has 0 bridgehead atoms. The molecule has 0 fully saturated rings. The highest BCUT2D eigenvalue weighted by atomic mass is 79.9. The summed E-state index contributed by atoms with van der Waals surface area (Å²) < 4.78 is 5.53. The Labute approximate surface area is 127 Å². The summed E-state index contributed by atoms with van der Waals surface area (Å²) in [6.07, 6.45) is 1.49. The first kappa shape index (κ1) is 14.9. The fraction of sp³-hybridized carbons (Fsp3) is 0.312. The number of nitrogens with one attached hydrogen (secondary N) is 1. The Bertz CT molecular complexity index is 587. The number of halogens is 1. The van der Waals surface area contributed by atoms with Gasteiger partial charge in [0.2, 0.25) is 0 Å². The van der Waals surface area contributed by atoms with E-state index in [4.69, 9.17) is 4.42 Å². The van der Waals surface area contributed by atoms with Crippen LogP contribution in [0.2, 0.25) is 0 Å². The summed E-state index contributed by atoms with van der Waals surface area (Å²) in [5.74, 6) is 0.363. The first-order chi connectivity index (χ1) is 9.49. The van der Waals surface area contributed by atoms with Gasteiger partial charge in [0.05, 0.1) is 17.9 Å². The van der Waals surface area contributed by atoms with Crippen molar-refractivity contribution < 1.29 is 9.21 Å². The highest BCUT2D eigenvalue weighted by molar-refractivity contribution is 9.10. The van der Waals surface area contributed by atoms with Crippen LogP contribution in [-0.4, -0.2) is 5.91 Å². The maximum atomic E-state index is 12.1. The molecule has 1 amide bonds. The molecule has 4 heteroatoms. The van der Waals surface area contributed by atoms with Gasteiger partial charge in [-0.15, -0.1) is 0 Å². The monoisotopic (exact) mass is 335 g/mol. The van der Waals surface area contributed by atoms with Crippen molar-refractivity contribution in [3.63, 3.8) is 0 Å². The van der Waals surface area contributed by atoms with Gasteiger partial charge in [-0.2, -0.15) is 0 Å². The number of carbonyl (C=O) groups is 1. The van der Waals surface area contributed by atoms with Gasteiger partial charge in [-0.05, 0) is 46.0 Å². The van der Waals surface area contributed by atoms with Crippen molar-refractivity contribution >= 4 is 21.8 Å². The van der Waals surface area contributed by atoms with Gasteiger partial charge in [-0.3, -0.25) is 4.79 Å². The Kier molecular flexibility index (Phi) is 4.65. The summed E-state index contributed by atoms with van der Waals surface area (Å²) in [5, 5.41) is 2.96. The first-order valence-electron chi connectivity index (χ1n) is 6.62. The van der Waals surface area contributed by atoms with Crippen molar-refractivity contribution in [2.24, 2.45) is 0 Å². The van der Waals surface area contributed by atoms with Gasteiger partial charge >= 0.3 is 0 Å². The molecular weight excluding hydrogens is 318 g/mol. The zero-order valence-corrected chi connectivity index (χ0v) is 13.4. The van der Waals surface area contributed by atoms with Crippen LogP contribution in [0.15, 0.2) is 45.7 Å². The molecule has 1 aromatic heterocycles. The quantitative estimate of drug-likeness (QED) is 0.883. The Morgan fingerprint density at radius 3 is 2.20 bits per heavy atom. The Morgan fingerprint density at radius 2 is 1.70 bits per heavy atom. The minimum Gasteiger partial charge on any atom is -0.457 e. The average molecular weight is 336 g/mol. The topological polar surface area (TPSA) is 42.2 Å². The molecule has 0 saturated heterocycles. The largest absolute Gasteiger partial charge is 0.457 e. The number of furan rings is 1. The van der Waals surface area contributed by atoms with Crippen LogP contribution in [0.25, 0.3) is 0 Å². The smallest absolute Gasteiger partial charge is 0.256 e. The molecule has 0 aliphatic carbocycles. The van der Waals surface area contributed by atoms with E-state index in [1.54, 1.807) is 6.07 Å². The van der Waals surface area contributed by atoms with Crippen molar-refractivity contribution in [2.45, 2.75) is 32.7 Å². The first-order valence-corrected chi connectivity index (χ1v) is 7.42. The third-order valence-corrected chi connectivity index (χ3v) is 3.93. The summed E-state index contributed by atoms with van der Waals surface area (Å²) >= 11 is 3.21. The van der Waals surface area contributed by atoms with Crippen LogP contribution in [0.1, 0.15) is 54.2 Å². The van der Waals surface area contributed by atoms with Gasteiger partial charge in [0.25, 0.3) is 5.91 Å². The Hall–Kier alpha value is -1.55. The molecule has 1 aromatic carbocycles. The summed E-state index contributed by atoms with van der Waals surface area (Å²) in [6.45, 7) is 6.30. The fourth-order valence-electron chi connectivity index (χ4n) is 1.98. The molecule has 20 heavy (non-hydrogen) atoms. The van der Waals surface area contributed by atoms with Gasteiger partial charge in [0, 0.05) is 0 Å². The molecule has 2 rings (SSSR count). The molecule has 3 nitrogen and oxygen atoms in total. The molecule has 0 radical (unpaired) electrons. The fourth-order valence-corrected chi connectivity index (χ4v) is 2.40. The van der Waals surface area contributed by atoms with E-state index >= 15 is 0 Å². The zero-order chi connectivity index (χ0) is 14.7. The van der Waals surface area contributed by atoms with E-state index in [1.165, 1.54) is 11.8 Å². The molecule has 0 aliphatic heterocycles. The molecule has 2 aromatic rings. The van der Waals surface area contributed by atoms with Crippen LogP contribution >= 0.6 is 15.9 Å². The highest BCUT2D eigenvalue weighted by Crippen LogP contribution is 2.21. The van der Waals surface area contributed by atoms with E-state index in [1.807, 2.05) is 6.92 Å². The molecular formula is C16H18BrNO2. The van der Waals surface area contributed by atoms with Gasteiger partial charge in [-0.25, -0.2) is 0 Å². The predicted octanol–water partition coefficient (Wildman–Crippen LogP) is 4.66. The van der Waals surface area contributed by atoms with Crippen molar-refractivity contribution in [3.8, 4) is 0 Å². The van der Waals surface area contributed by atoms with Crippen LogP contribution in [0, 0.1) is 0 Å². The molecule has 0 saturated carbocycles. The number of benzene rings is 1. The zero-order valence-electron chi connectivity index (χ0n) is 11.8. The lowest BCUT2D eigenvalue weighted by Crippen LogP contribution is -2.26. The molecule has 0 spiro atoms. The van der Waals surface area contributed by atoms with E-state index in [0.717, 1.165) is 5.56 Å². The Balaban J connectivity index is 2.06. The van der Waals surface area contributed by atoms with Crippen LogP contribution < -0.4 is 5.32 Å². The minimum atomic E-state index is -0.147. The number of rotatable bonds is 4. The molecule has 1 atom stereocenters. The van der Waals surface area contributed by atoms with Crippen molar-refractivity contribution in [1.82, 2.24) is 5.32 Å². The summed E-state index contributed by atoms with van der Waals surface area (Å²) in [4.78, 5) is 12.1. The van der Waals surface area contributed by atoms with Crippen molar-refractivity contribution in [1.29, 1.82) is 0 Å². The SMILES string of the molecule is CC(C)c1ccc(C(C)NC(=O)c2ccoc2Br)cc1. The van der Waals surface area contributed by atoms with E-state index < -0.39 is 0 Å².